The number of hydrogen-bond acceptors (Lipinski definition) is 4. The van der Waals surface area contributed by atoms with E-state index >= 15 is 0 Å². The number of amides is 1. The van der Waals surface area contributed by atoms with Gasteiger partial charge in [0.05, 0.1) is 31.8 Å². The van der Waals surface area contributed by atoms with Gasteiger partial charge in [0, 0.05) is 0 Å². The highest BCUT2D eigenvalue weighted by Crippen LogP contribution is 2.12. The average Bonchev–Trinajstić information content (AvgIpc) is 2.47. The van der Waals surface area contributed by atoms with Gasteiger partial charge in [-0.3, -0.25) is 4.79 Å². The van der Waals surface area contributed by atoms with Crippen LogP contribution in [0.3, 0.4) is 0 Å². The summed E-state index contributed by atoms with van der Waals surface area (Å²) in [6.45, 7) is 3.47. The second-order valence-corrected chi connectivity index (χ2v) is 4.91. The zero-order valence-corrected chi connectivity index (χ0v) is 12.1. The normalized spacial score (nSPS) is 11.2. The molecule has 0 fully saturated rings. The first kappa shape index (κ1) is 16.5. The van der Waals surface area contributed by atoms with E-state index in [4.69, 9.17) is 4.74 Å². The highest BCUT2D eigenvalue weighted by atomic mass is 16.5. The van der Waals surface area contributed by atoms with Gasteiger partial charge >= 0.3 is 0 Å². The fourth-order valence-electron chi connectivity index (χ4n) is 1.70. The van der Waals surface area contributed by atoms with Crippen molar-refractivity contribution in [1.82, 2.24) is 5.32 Å². The summed E-state index contributed by atoms with van der Waals surface area (Å²) < 4.78 is 5.46. The van der Waals surface area contributed by atoms with E-state index in [1.165, 1.54) is 0 Å². The first-order valence-corrected chi connectivity index (χ1v) is 6.77. The summed E-state index contributed by atoms with van der Waals surface area (Å²) in [7, 11) is 0. The van der Waals surface area contributed by atoms with Gasteiger partial charge in [0.25, 0.3) is 0 Å². The molecule has 1 rings (SSSR count). The Morgan fingerprint density at radius 1 is 1.25 bits per heavy atom. The fourth-order valence-corrected chi connectivity index (χ4v) is 1.70. The number of carbonyl (C=O) groups is 1. The molecule has 0 radical (unpaired) electrons. The molecule has 0 atom stereocenters. The number of hydrogen-bond donors (Lipinski definition) is 3. The van der Waals surface area contributed by atoms with Crippen molar-refractivity contribution in [1.29, 1.82) is 0 Å². The van der Waals surface area contributed by atoms with E-state index in [0.29, 0.717) is 6.42 Å². The standard InChI is InChI=1S/C15H23NO4/c1-3-15(10-17,11-18)16-14(19)8-9-20-13-6-4-12(2)5-7-13/h4-7,17-18H,3,8-11H2,1-2H3,(H,16,19). The minimum absolute atomic E-state index is 0.176. The monoisotopic (exact) mass is 281 g/mol. The number of aliphatic hydroxyl groups excluding tert-OH is 2. The largest absolute Gasteiger partial charge is 0.493 e. The topological polar surface area (TPSA) is 78.8 Å². The van der Waals surface area contributed by atoms with Crippen LogP contribution in [0.5, 0.6) is 5.75 Å². The van der Waals surface area contributed by atoms with Crippen LogP contribution in [0.15, 0.2) is 24.3 Å². The molecule has 0 saturated carbocycles. The Morgan fingerprint density at radius 3 is 2.35 bits per heavy atom. The van der Waals surface area contributed by atoms with E-state index in [2.05, 4.69) is 5.32 Å². The molecule has 5 heteroatoms. The van der Waals surface area contributed by atoms with Crippen LogP contribution in [0.1, 0.15) is 25.3 Å². The van der Waals surface area contributed by atoms with Gasteiger partial charge in [-0.05, 0) is 25.5 Å². The third-order valence-electron chi connectivity index (χ3n) is 3.31. The number of ether oxygens (including phenoxy) is 1. The quantitative estimate of drug-likeness (QED) is 0.664. The molecule has 0 bridgehead atoms. The van der Waals surface area contributed by atoms with E-state index in [-0.39, 0.29) is 32.1 Å². The van der Waals surface area contributed by atoms with Gasteiger partial charge in [-0.25, -0.2) is 0 Å². The molecule has 1 amide bonds. The zero-order chi connectivity index (χ0) is 15.0. The smallest absolute Gasteiger partial charge is 0.224 e. The van der Waals surface area contributed by atoms with Crippen molar-refractivity contribution in [3.05, 3.63) is 29.8 Å². The lowest BCUT2D eigenvalue weighted by Crippen LogP contribution is -2.54. The maximum atomic E-state index is 11.8. The molecular formula is C15H23NO4. The van der Waals surface area contributed by atoms with E-state index in [1.54, 1.807) is 6.92 Å². The van der Waals surface area contributed by atoms with Crippen LogP contribution in [-0.4, -0.2) is 41.5 Å². The van der Waals surface area contributed by atoms with Crippen LogP contribution in [0.2, 0.25) is 0 Å². The molecule has 112 valence electrons. The highest BCUT2D eigenvalue weighted by molar-refractivity contribution is 5.77. The van der Waals surface area contributed by atoms with Gasteiger partial charge in [0.15, 0.2) is 0 Å². The summed E-state index contributed by atoms with van der Waals surface area (Å²) in [6.07, 6.45) is 0.639. The summed E-state index contributed by atoms with van der Waals surface area (Å²) in [5, 5.41) is 21.2. The van der Waals surface area contributed by atoms with E-state index in [0.717, 1.165) is 11.3 Å². The van der Waals surface area contributed by atoms with Gasteiger partial charge in [0.2, 0.25) is 5.91 Å². The molecule has 0 aromatic heterocycles. The number of aryl methyl sites for hydroxylation is 1. The summed E-state index contributed by atoms with van der Waals surface area (Å²) >= 11 is 0. The van der Waals surface area contributed by atoms with Crippen molar-refractivity contribution < 1.29 is 19.7 Å². The first-order chi connectivity index (χ1) is 9.55. The van der Waals surface area contributed by atoms with Crippen LogP contribution in [-0.2, 0) is 4.79 Å². The van der Waals surface area contributed by atoms with E-state index < -0.39 is 5.54 Å². The van der Waals surface area contributed by atoms with Crippen LogP contribution >= 0.6 is 0 Å². The Bertz CT molecular complexity index is 404. The number of rotatable bonds is 8. The Balaban J connectivity index is 2.38. The number of aliphatic hydroxyl groups is 2. The van der Waals surface area contributed by atoms with Crippen molar-refractivity contribution in [3.8, 4) is 5.75 Å². The second kappa shape index (κ2) is 7.87. The maximum absolute atomic E-state index is 11.8. The third kappa shape index (κ3) is 4.83. The number of nitrogens with one attached hydrogen (secondary N) is 1. The van der Waals surface area contributed by atoms with Crippen molar-refractivity contribution in [2.75, 3.05) is 19.8 Å². The maximum Gasteiger partial charge on any atom is 0.224 e. The summed E-state index contributed by atoms with van der Waals surface area (Å²) in [5.41, 5.74) is 0.203. The molecule has 1 aromatic rings. The van der Waals surface area contributed by atoms with Gasteiger partial charge in [0.1, 0.15) is 5.75 Å². The molecule has 20 heavy (non-hydrogen) atoms. The summed E-state index contributed by atoms with van der Waals surface area (Å²) in [4.78, 5) is 11.8. The van der Waals surface area contributed by atoms with Gasteiger partial charge < -0.3 is 20.3 Å². The Hall–Kier alpha value is -1.59. The minimum atomic E-state index is -0.944. The lowest BCUT2D eigenvalue weighted by molar-refractivity contribution is -0.125. The first-order valence-electron chi connectivity index (χ1n) is 6.77. The van der Waals surface area contributed by atoms with Gasteiger partial charge in [-0.1, -0.05) is 24.6 Å². The summed E-state index contributed by atoms with van der Waals surface area (Å²) in [5.74, 6) is 0.469. The van der Waals surface area contributed by atoms with Gasteiger partial charge in [-0.15, -0.1) is 0 Å². The van der Waals surface area contributed by atoms with Gasteiger partial charge in [-0.2, -0.15) is 0 Å². The van der Waals surface area contributed by atoms with E-state index in [1.807, 2.05) is 31.2 Å². The zero-order valence-electron chi connectivity index (χ0n) is 12.1. The lowest BCUT2D eigenvalue weighted by Gasteiger charge is -2.29. The van der Waals surface area contributed by atoms with E-state index in [9.17, 15) is 15.0 Å². The predicted molar refractivity (Wildman–Crippen MR) is 76.6 cm³/mol. The van der Waals surface area contributed by atoms with Crippen molar-refractivity contribution >= 4 is 5.91 Å². The third-order valence-corrected chi connectivity index (χ3v) is 3.31. The Labute approximate surface area is 119 Å². The predicted octanol–water partition coefficient (Wildman–Crippen LogP) is 1.01. The molecular weight excluding hydrogens is 258 g/mol. The molecule has 0 aliphatic rings. The summed E-state index contributed by atoms with van der Waals surface area (Å²) in [6, 6.07) is 7.58. The molecule has 0 aliphatic carbocycles. The van der Waals surface area contributed by atoms with Crippen LogP contribution < -0.4 is 10.1 Å². The minimum Gasteiger partial charge on any atom is -0.493 e. The highest BCUT2D eigenvalue weighted by Gasteiger charge is 2.28. The molecule has 0 aliphatic heterocycles. The molecule has 5 nitrogen and oxygen atoms in total. The fraction of sp³-hybridized carbons (Fsp3) is 0.533. The van der Waals surface area contributed by atoms with Crippen molar-refractivity contribution in [2.45, 2.75) is 32.2 Å². The van der Waals surface area contributed by atoms with Crippen molar-refractivity contribution in [2.24, 2.45) is 0 Å². The molecule has 3 N–H and O–H groups in total. The van der Waals surface area contributed by atoms with Crippen LogP contribution in [0.4, 0.5) is 0 Å². The lowest BCUT2D eigenvalue weighted by atomic mass is 9.98. The van der Waals surface area contributed by atoms with Crippen LogP contribution in [0, 0.1) is 6.92 Å². The Morgan fingerprint density at radius 2 is 1.85 bits per heavy atom. The molecule has 0 unspecified atom stereocenters. The second-order valence-electron chi connectivity index (χ2n) is 4.91. The molecule has 0 spiro atoms. The van der Waals surface area contributed by atoms with Crippen LogP contribution in [0.25, 0.3) is 0 Å². The molecule has 0 heterocycles. The SMILES string of the molecule is CCC(CO)(CO)NC(=O)CCOc1ccc(C)cc1. The average molecular weight is 281 g/mol. The number of carbonyl (C=O) groups excluding carboxylic acids is 1. The molecule has 1 aromatic carbocycles. The Kier molecular flexibility index (Phi) is 6.48. The molecule has 0 saturated heterocycles. The number of benzene rings is 1. The van der Waals surface area contributed by atoms with Crippen molar-refractivity contribution in [3.63, 3.8) is 0 Å².